The second-order valence-electron chi connectivity index (χ2n) is 5.83. The van der Waals surface area contributed by atoms with Crippen LogP contribution in [0.25, 0.3) is 0 Å². The van der Waals surface area contributed by atoms with Crippen molar-refractivity contribution >= 4 is 11.9 Å². The quantitative estimate of drug-likeness (QED) is 0.752. The molecule has 1 saturated heterocycles. The Morgan fingerprint density at radius 2 is 2.06 bits per heavy atom. The monoisotopic (exact) mass is 241 g/mol. The van der Waals surface area contributed by atoms with E-state index >= 15 is 0 Å². The standard InChI is InChI=1S/C13H23NO3/c1-9-6-5-7-10(12(16)14-9)8-11(15)17-13(2,3)4/h9-10H,5-8H2,1-4H3,(H,14,16)/t9-,10+/m1/s1. The minimum atomic E-state index is -0.481. The first kappa shape index (κ1) is 14.0. The summed E-state index contributed by atoms with van der Waals surface area (Å²) >= 11 is 0. The Balaban J connectivity index is 2.50. The molecule has 0 bridgehead atoms. The highest BCUT2D eigenvalue weighted by molar-refractivity contribution is 5.84. The van der Waals surface area contributed by atoms with E-state index < -0.39 is 5.60 Å². The van der Waals surface area contributed by atoms with Gasteiger partial charge < -0.3 is 10.1 Å². The van der Waals surface area contributed by atoms with Crippen molar-refractivity contribution in [1.29, 1.82) is 0 Å². The molecule has 0 aromatic rings. The second-order valence-corrected chi connectivity index (χ2v) is 5.83. The SMILES string of the molecule is C[C@@H]1CCC[C@@H](CC(=O)OC(C)(C)C)C(=O)N1. The van der Waals surface area contributed by atoms with Gasteiger partial charge >= 0.3 is 5.97 Å². The molecular weight excluding hydrogens is 218 g/mol. The van der Waals surface area contributed by atoms with Crippen molar-refractivity contribution in [3.8, 4) is 0 Å². The Labute approximate surface area is 103 Å². The summed E-state index contributed by atoms with van der Waals surface area (Å²) in [6.45, 7) is 7.49. The lowest BCUT2D eigenvalue weighted by Gasteiger charge is -2.21. The van der Waals surface area contributed by atoms with Crippen molar-refractivity contribution in [1.82, 2.24) is 5.32 Å². The van der Waals surface area contributed by atoms with E-state index in [0.29, 0.717) is 0 Å². The average molecular weight is 241 g/mol. The van der Waals surface area contributed by atoms with E-state index in [0.717, 1.165) is 19.3 Å². The molecular formula is C13H23NO3. The first-order valence-corrected chi connectivity index (χ1v) is 6.30. The number of amides is 1. The van der Waals surface area contributed by atoms with Gasteiger partial charge in [0.15, 0.2) is 0 Å². The summed E-state index contributed by atoms with van der Waals surface area (Å²) in [7, 11) is 0. The smallest absolute Gasteiger partial charge is 0.307 e. The second kappa shape index (κ2) is 5.52. The van der Waals surface area contributed by atoms with Crippen LogP contribution in [0.1, 0.15) is 53.4 Å². The topological polar surface area (TPSA) is 55.4 Å². The molecule has 2 atom stereocenters. The van der Waals surface area contributed by atoms with Crippen molar-refractivity contribution in [2.75, 3.05) is 0 Å². The average Bonchev–Trinajstić information content (AvgIpc) is 2.25. The molecule has 0 saturated carbocycles. The largest absolute Gasteiger partial charge is 0.460 e. The molecule has 4 nitrogen and oxygen atoms in total. The molecule has 98 valence electrons. The zero-order valence-corrected chi connectivity index (χ0v) is 11.2. The van der Waals surface area contributed by atoms with Crippen LogP contribution in [0.3, 0.4) is 0 Å². The van der Waals surface area contributed by atoms with Crippen LogP contribution in [-0.2, 0) is 14.3 Å². The minimum absolute atomic E-state index is 0.0131. The number of hydrogen-bond donors (Lipinski definition) is 1. The van der Waals surface area contributed by atoms with Gasteiger partial charge in [0.25, 0.3) is 0 Å². The molecule has 0 radical (unpaired) electrons. The van der Waals surface area contributed by atoms with Gasteiger partial charge in [-0.15, -0.1) is 0 Å². The highest BCUT2D eigenvalue weighted by Crippen LogP contribution is 2.20. The van der Waals surface area contributed by atoms with Gasteiger partial charge in [-0.05, 0) is 40.5 Å². The summed E-state index contributed by atoms with van der Waals surface area (Å²) in [5.74, 6) is -0.525. The molecule has 1 amide bonds. The maximum absolute atomic E-state index is 11.8. The van der Waals surface area contributed by atoms with Crippen LogP contribution in [-0.4, -0.2) is 23.5 Å². The third kappa shape index (κ3) is 5.20. The van der Waals surface area contributed by atoms with E-state index in [-0.39, 0.29) is 30.3 Å². The van der Waals surface area contributed by atoms with Crippen LogP contribution in [0, 0.1) is 5.92 Å². The van der Waals surface area contributed by atoms with Gasteiger partial charge in [0.05, 0.1) is 6.42 Å². The predicted molar refractivity (Wildman–Crippen MR) is 65.4 cm³/mol. The van der Waals surface area contributed by atoms with Crippen LogP contribution in [0.5, 0.6) is 0 Å². The van der Waals surface area contributed by atoms with Crippen molar-refractivity contribution < 1.29 is 14.3 Å². The van der Waals surface area contributed by atoms with Gasteiger partial charge in [-0.2, -0.15) is 0 Å². The van der Waals surface area contributed by atoms with E-state index in [9.17, 15) is 9.59 Å². The molecule has 1 rings (SSSR count). The van der Waals surface area contributed by atoms with Crippen molar-refractivity contribution in [3.05, 3.63) is 0 Å². The Hall–Kier alpha value is -1.06. The third-order valence-electron chi connectivity index (χ3n) is 2.78. The van der Waals surface area contributed by atoms with Gasteiger partial charge in [-0.3, -0.25) is 9.59 Å². The number of esters is 1. The van der Waals surface area contributed by atoms with E-state index in [1.54, 1.807) is 0 Å². The van der Waals surface area contributed by atoms with Gasteiger partial charge in [0.1, 0.15) is 5.60 Å². The first-order valence-electron chi connectivity index (χ1n) is 6.30. The maximum atomic E-state index is 11.8. The van der Waals surface area contributed by atoms with E-state index in [1.807, 2.05) is 27.7 Å². The van der Waals surface area contributed by atoms with Crippen molar-refractivity contribution in [2.24, 2.45) is 5.92 Å². The Morgan fingerprint density at radius 3 is 2.65 bits per heavy atom. The summed E-state index contributed by atoms with van der Waals surface area (Å²) in [5, 5.41) is 2.91. The third-order valence-corrected chi connectivity index (χ3v) is 2.78. The Kier molecular flexibility index (Phi) is 4.54. The molecule has 1 aliphatic heterocycles. The van der Waals surface area contributed by atoms with Gasteiger partial charge in [-0.25, -0.2) is 0 Å². The lowest BCUT2D eigenvalue weighted by molar-refractivity contribution is -0.157. The lowest BCUT2D eigenvalue weighted by Crippen LogP contribution is -2.36. The summed E-state index contributed by atoms with van der Waals surface area (Å²) in [6.07, 6.45) is 2.93. The number of rotatable bonds is 2. The summed E-state index contributed by atoms with van der Waals surface area (Å²) in [4.78, 5) is 23.5. The number of nitrogens with one attached hydrogen (secondary N) is 1. The molecule has 0 aromatic carbocycles. The van der Waals surface area contributed by atoms with Gasteiger partial charge in [0.2, 0.25) is 5.91 Å². The normalized spacial score (nSPS) is 26.0. The fraction of sp³-hybridized carbons (Fsp3) is 0.846. The highest BCUT2D eigenvalue weighted by atomic mass is 16.6. The van der Waals surface area contributed by atoms with E-state index in [2.05, 4.69) is 5.32 Å². The zero-order valence-electron chi connectivity index (χ0n) is 11.2. The van der Waals surface area contributed by atoms with Crippen LogP contribution in [0.2, 0.25) is 0 Å². The van der Waals surface area contributed by atoms with E-state index in [4.69, 9.17) is 4.74 Å². The number of carbonyl (C=O) groups is 2. The molecule has 17 heavy (non-hydrogen) atoms. The molecule has 0 spiro atoms. The molecule has 1 aliphatic rings. The van der Waals surface area contributed by atoms with Crippen molar-refractivity contribution in [3.63, 3.8) is 0 Å². The van der Waals surface area contributed by atoms with Gasteiger partial charge in [-0.1, -0.05) is 6.42 Å². The molecule has 0 unspecified atom stereocenters. The van der Waals surface area contributed by atoms with E-state index in [1.165, 1.54) is 0 Å². The molecule has 1 N–H and O–H groups in total. The highest BCUT2D eigenvalue weighted by Gasteiger charge is 2.27. The minimum Gasteiger partial charge on any atom is -0.460 e. The predicted octanol–water partition coefficient (Wildman–Crippen LogP) is 2.02. The fourth-order valence-corrected chi connectivity index (χ4v) is 2.01. The Morgan fingerprint density at radius 1 is 1.41 bits per heavy atom. The summed E-state index contributed by atoms with van der Waals surface area (Å²) in [6, 6.07) is 0.214. The number of hydrogen-bond acceptors (Lipinski definition) is 3. The summed E-state index contributed by atoms with van der Waals surface area (Å²) in [5.41, 5.74) is -0.481. The maximum Gasteiger partial charge on any atom is 0.307 e. The van der Waals surface area contributed by atoms with Crippen LogP contribution in [0.4, 0.5) is 0 Å². The molecule has 0 aliphatic carbocycles. The van der Waals surface area contributed by atoms with Crippen LogP contribution in [0.15, 0.2) is 0 Å². The molecule has 1 heterocycles. The first-order chi connectivity index (χ1) is 7.78. The van der Waals surface area contributed by atoms with Crippen LogP contribution < -0.4 is 5.32 Å². The van der Waals surface area contributed by atoms with Crippen molar-refractivity contribution in [2.45, 2.75) is 65.0 Å². The summed E-state index contributed by atoms with van der Waals surface area (Å²) < 4.78 is 5.24. The molecule has 1 fully saturated rings. The zero-order chi connectivity index (χ0) is 13.1. The Bertz CT molecular complexity index is 294. The molecule has 0 aromatic heterocycles. The lowest BCUT2D eigenvalue weighted by atomic mass is 9.99. The number of carbonyl (C=O) groups excluding carboxylic acids is 2. The van der Waals surface area contributed by atoms with Crippen LogP contribution >= 0.6 is 0 Å². The number of ether oxygens (including phenoxy) is 1. The fourth-order valence-electron chi connectivity index (χ4n) is 2.01. The van der Waals surface area contributed by atoms with Gasteiger partial charge in [0, 0.05) is 12.0 Å². The molecule has 4 heteroatoms.